The number of ether oxygens (including phenoxy) is 1. The third-order valence-electron chi connectivity index (χ3n) is 2.71. The van der Waals surface area contributed by atoms with Crippen molar-refractivity contribution in [2.24, 2.45) is 16.3 Å². The van der Waals surface area contributed by atoms with E-state index in [1.54, 1.807) is 12.1 Å². The average Bonchev–Trinajstić information content (AvgIpc) is 2.33. The first-order valence-electron chi connectivity index (χ1n) is 6.17. The number of amidine groups is 1. The molecule has 0 fully saturated rings. The van der Waals surface area contributed by atoms with E-state index >= 15 is 0 Å². The van der Waals surface area contributed by atoms with Gasteiger partial charge in [-0.05, 0) is 23.5 Å². The van der Waals surface area contributed by atoms with Crippen molar-refractivity contribution in [1.29, 1.82) is 0 Å². The number of nitrogens with zero attached hydrogens (tertiary/aromatic N) is 1. The number of hydrogen-bond acceptors (Lipinski definition) is 3. The molecule has 0 spiro atoms. The number of hydrogen-bond donors (Lipinski definition) is 2. The molecule has 1 rings (SSSR count). The summed E-state index contributed by atoms with van der Waals surface area (Å²) in [4.78, 5) is 0. The van der Waals surface area contributed by atoms with Gasteiger partial charge in [0.25, 0.3) is 0 Å². The fraction of sp³-hybridized carbons (Fsp3) is 0.500. The van der Waals surface area contributed by atoms with Crippen LogP contribution in [0.3, 0.4) is 0 Å². The van der Waals surface area contributed by atoms with Crippen molar-refractivity contribution in [3.8, 4) is 0 Å². The Balaban J connectivity index is 2.56. The van der Waals surface area contributed by atoms with E-state index in [0.717, 1.165) is 12.0 Å². The van der Waals surface area contributed by atoms with Gasteiger partial charge in [0, 0.05) is 17.2 Å². The molecule has 0 heterocycles. The van der Waals surface area contributed by atoms with Gasteiger partial charge in [-0.25, -0.2) is 0 Å². The zero-order chi connectivity index (χ0) is 14.5. The molecule has 4 nitrogen and oxygen atoms in total. The van der Waals surface area contributed by atoms with E-state index in [9.17, 15) is 0 Å². The molecule has 0 unspecified atom stereocenters. The van der Waals surface area contributed by atoms with E-state index in [0.29, 0.717) is 23.8 Å². The molecule has 0 saturated carbocycles. The second-order valence-corrected chi connectivity index (χ2v) is 6.06. The second kappa shape index (κ2) is 6.78. The van der Waals surface area contributed by atoms with Gasteiger partial charge in [-0.1, -0.05) is 49.7 Å². The summed E-state index contributed by atoms with van der Waals surface area (Å²) in [6.45, 7) is 7.69. The predicted molar refractivity (Wildman–Crippen MR) is 77.7 cm³/mol. The van der Waals surface area contributed by atoms with Crippen LogP contribution in [-0.4, -0.2) is 17.6 Å². The summed E-state index contributed by atoms with van der Waals surface area (Å²) in [6, 6.07) is 5.25. The van der Waals surface area contributed by atoms with Gasteiger partial charge in [0.1, 0.15) is 0 Å². The largest absolute Gasteiger partial charge is 0.409 e. The molecule has 0 saturated heterocycles. The number of benzene rings is 1. The maximum Gasteiger partial charge on any atom is 0.170 e. The molecule has 0 aliphatic rings. The first-order chi connectivity index (χ1) is 8.83. The lowest BCUT2D eigenvalue weighted by atomic mass is 9.93. The zero-order valence-corrected chi connectivity index (χ0v) is 12.4. The van der Waals surface area contributed by atoms with E-state index in [2.05, 4.69) is 25.9 Å². The fourth-order valence-corrected chi connectivity index (χ4v) is 1.68. The van der Waals surface area contributed by atoms with Crippen molar-refractivity contribution in [1.82, 2.24) is 0 Å². The molecule has 3 N–H and O–H groups in total. The van der Waals surface area contributed by atoms with Crippen LogP contribution in [0.2, 0.25) is 5.02 Å². The van der Waals surface area contributed by atoms with Gasteiger partial charge in [-0.3, -0.25) is 0 Å². The Labute approximate surface area is 119 Å². The Morgan fingerprint density at radius 1 is 1.42 bits per heavy atom. The van der Waals surface area contributed by atoms with Crippen LogP contribution >= 0.6 is 11.6 Å². The Bertz CT molecular complexity index is 453. The lowest BCUT2D eigenvalue weighted by Crippen LogP contribution is -2.13. The van der Waals surface area contributed by atoms with Crippen molar-refractivity contribution in [3.63, 3.8) is 0 Å². The monoisotopic (exact) mass is 284 g/mol. The molecule has 0 bridgehead atoms. The second-order valence-electron chi connectivity index (χ2n) is 5.65. The molecular formula is C14H21ClN2O2. The van der Waals surface area contributed by atoms with Gasteiger partial charge >= 0.3 is 0 Å². The van der Waals surface area contributed by atoms with E-state index in [1.165, 1.54) is 0 Å². The molecular weight excluding hydrogens is 264 g/mol. The van der Waals surface area contributed by atoms with Crippen LogP contribution < -0.4 is 5.73 Å². The van der Waals surface area contributed by atoms with E-state index in [1.807, 2.05) is 6.07 Å². The predicted octanol–water partition coefficient (Wildman–Crippen LogP) is 3.39. The highest BCUT2D eigenvalue weighted by Crippen LogP contribution is 2.21. The SMILES string of the molecule is CC(C)(C)CCOCc1ccc(/C(N)=N/O)cc1Cl. The van der Waals surface area contributed by atoms with Gasteiger partial charge < -0.3 is 15.7 Å². The number of nitrogens with two attached hydrogens (primary N) is 1. The minimum atomic E-state index is 0.0436. The topological polar surface area (TPSA) is 67.8 Å². The van der Waals surface area contributed by atoms with Gasteiger partial charge in [0.05, 0.1) is 6.61 Å². The molecule has 1 aromatic carbocycles. The number of oxime groups is 1. The lowest BCUT2D eigenvalue weighted by Gasteiger charge is -2.17. The summed E-state index contributed by atoms with van der Waals surface area (Å²) in [7, 11) is 0. The smallest absolute Gasteiger partial charge is 0.170 e. The summed E-state index contributed by atoms with van der Waals surface area (Å²) in [6.07, 6.45) is 0.993. The molecule has 0 amide bonds. The van der Waals surface area contributed by atoms with Crippen LogP contribution in [0.4, 0.5) is 0 Å². The molecule has 0 radical (unpaired) electrons. The van der Waals surface area contributed by atoms with Gasteiger partial charge in [0.15, 0.2) is 5.84 Å². The molecule has 0 aromatic heterocycles. The van der Waals surface area contributed by atoms with E-state index in [4.69, 9.17) is 27.3 Å². The Morgan fingerprint density at radius 2 is 2.11 bits per heavy atom. The average molecular weight is 285 g/mol. The van der Waals surface area contributed by atoms with Crippen LogP contribution in [0, 0.1) is 5.41 Å². The third-order valence-corrected chi connectivity index (χ3v) is 3.06. The van der Waals surface area contributed by atoms with E-state index in [-0.39, 0.29) is 11.3 Å². The molecule has 0 atom stereocenters. The van der Waals surface area contributed by atoms with Crippen LogP contribution in [0.5, 0.6) is 0 Å². The highest BCUT2D eigenvalue weighted by Gasteiger charge is 2.10. The normalized spacial score (nSPS) is 12.7. The molecule has 106 valence electrons. The molecule has 0 aliphatic carbocycles. The molecule has 5 heteroatoms. The Hall–Kier alpha value is -1.26. The lowest BCUT2D eigenvalue weighted by molar-refractivity contribution is 0.0963. The van der Waals surface area contributed by atoms with Gasteiger partial charge in [0.2, 0.25) is 0 Å². The Morgan fingerprint density at radius 3 is 2.63 bits per heavy atom. The summed E-state index contributed by atoms with van der Waals surface area (Å²) in [5, 5.41) is 12.1. The fourth-order valence-electron chi connectivity index (χ4n) is 1.44. The van der Waals surface area contributed by atoms with Crippen LogP contribution in [0.25, 0.3) is 0 Å². The van der Waals surface area contributed by atoms with Crippen molar-refractivity contribution in [2.75, 3.05) is 6.61 Å². The van der Waals surface area contributed by atoms with Crippen molar-refractivity contribution in [3.05, 3.63) is 34.3 Å². The molecule has 1 aromatic rings. The van der Waals surface area contributed by atoms with Crippen molar-refractivity contribution < 1.29 is 9.94 Å². The summed E-state index contributed by atoms with van der Waals surface area (Å²) >= 11 is 6.13. The first kappa shape index (κ1) is 15.8. The van der Waals surface area contributed by atoms with Crippen molar-refractivity contribution in [2.45, 2.75) is 33.8 Å². The minimum Gasteiger partial charge on any atom is -0.409 e. The zero-order valence-electron chi connectivity index (χ0n) is 11.6. The minimum absolute atomic E-state index is 0.0436. The van der Waals surface area contributed by atoms with E-state index < -0.39 is 0 Å². The highest BCUT2D eigenvalue weighted by atomic mass is 35.5. The standard InChI is InChI=1S/C14H21ClN2O2/c1-14(2,3)6-7-19-9-11-5-4-10(8-12(11)15)13(16)17-18/h4-5,8,18H,6-7,9H2,1-3H3,(H2,16,17). The first-order valence-corrected chi connectivity index (χ1v) is 6.55. The van der Waals surface area contributed by atoms with Crippen LogP contribution in [-0.2, 0) is 11.3 Å². The maximum atomic E-state index is 8.59. The summed E-state index contributed by atoms with van der Waals surface area (Å²) < 4.78 is 5.61. The number of rotatable bonds is 5. The Kier molecular flexibility index (Phi) is 5.63. The number of halogens is 1. The summed E-state index contributed by atoms with van der Waals surface area (Å²) in [5.74, 6) is 0.0436. The molecule has 0 aliphatic heterocycles. The van der Waals surface area contributed by atoms with Crippen molar-refractivity contribution >= 4 is 17.4 Å². The summed E-state index contributed by atoms with van der Waals surface area (Å²) in [5.41, 5.74) is 7.24. The maximum absolute atomic E-state index is 8.59. The molecule has 19 heavy (non-hydrogen) atoms. The van der Waals surface area contributed by atoms with Gasteiger partial charge in [-0.2, -0.15) is 0 Å². The highest BCUT2D eigenvalue weighted by molar-refractivity contribution is 6.31. The third kappa shape index (κ3) is 5.49. The quantitative estimate of drug-likeness (QED) is 0.286. The van der Waals surface area contributed by atoms with Crippen LogP contribution in [0.15, 0.2) is 23.4 Å². The van der Waals surface area contributed by atoms with Crippen LogP contribution in [0.1, 0.15) is 38.3 Å². The van der Waals surface area contributed by atoms with Gasteiger partial charge in [-0.15, -0.1) is 0 Å².